The maximum absolute atomic E-state index is 12.4. The van der Waals surface area contributed by atoms with E-state index in [1.807, 2.05) is 0 Å². The third kappa shape index (κ3) is 3.13. The number of nitrogens with zero attached hydrogens (tertiary/aromatic N) is 1. The Morgan fingerprint density at radius 2 is 1.33 bits per heavy atom. The van der Waals surface area contributed by atoms with Crippen LogP contribution in [0.3, 0.4) is 0 Å². The number of halogens is 6. The number of hydrogen-bond acceptors (Lipinski definition) is 2. The average Bonchev–Trinajstić information content (AvgIpc) is 2.25. The van der Waals surface area contributed by atoms with Gasteiger partial charge in [0.25, 0.3) is 0 Å². The minimum absolute atomic E-state index is 0.0202. The molecule has 2 N–H and O–H groups in total. The third-order valence-electron chi connectivity index (χ3n) is 2.11. The van der Waals surface area contributed by atoms with E-state index in [4.69, 9.17) is 11.0 Å². The molecule has 1 aromatic carbocycles. The SMILES string of the molecule is N#CC(N)c1cc(C(F)(F)F)cc(C(F)(F)F)c1. The molecule has 8 heteroatoms. The molecule has 0 fully saturated rings. The third-order valence-corrected chi connectivity index (χ3v) is 2.11. The Balaban J connectivity index is 3.45. The molecular formula is C10H6F6N2. The topological polar surface area (TPSA) is 49.8 Å². The van der Waals surface area contributed by atoms with Crippen LogP contribution in [-0.2, 0) is 12.4 Å². The van der Waals surface area contributed by atoms with Crippen LogP contribution in [0.4, 0.5) is 26.3 Å². The Morgan fingerprint density at radius 3 is 1.61 bits per heavy atom. The van der Waals surface area contributed by atoms with Crippen molar-refractivity contribution in [1.29, 1.82) is 5.26 Å². The first-order valence-electron chi connectivity index (χ1n) is 4.50. The van der Waals surface area contributed by atoms with Crippen LogP contribution in [0.1, 0.15) is 22.7 Å². The van der Waals surface area contributed by atoms with Gasteiger partial charge in [0.05, 0.1) is 17.2 Å². The number of hydrogen-bond donors (Lipinski definition) is 1. The van der Waals surface area contributed by atoms with E-state index in [1.165, 1.54) is 6.07 Å². The van der Waals surface area contributed by atoms with Gasteiger partial charge < -0.3 is 5.73 Å². The Hall–Kier alpha value is -1.75. The normalized spacial score (nSPS) is 14.1. The molecule has 0 radical (unpaired) electrons. The molecule has 0 aliphatic heterocycles. The van der Waals surface area contributed by atoms with Gasteiger partial charge in [-0.25, -0.2) is 0 Å². The van der Waals surface area contributed by atoms with Crippen molar-refractivity contribution in [2.24, 2.45) is 5.73 Å². The zero-order valence-corrected chi connectivity index (χ0v) is 8.60. The van der Waals surface area contributed by atoms with Gasteiger partial charge in [-0.2, -0.15) is 31.6 Å². The predicted octanol–water partition coefficient (Wildman–Crippen LogP) is 3.25. The Morgan fingerprint density at radius 1 is 0.944 bits per heavy atom. The van der Waals surface area contributed by atoms with E-state index < -0.39 is 35.1 Å². The molecule has 18 heavy (non-hydrogen) atoms. The number of alkyl halides is 6. The molecule has 0 bridgehead atoms. The van der Waals surface area contributed by atoms with Crippen molar-refractivity contribution in [2.75, 3.05) is 0 Å². The molecule has 2 nitrogen and oxygen atoms in total. The first kappa shape index (κ1) is 14.3. The Bertz CT molecular complexity index is 450. The highest BCUT2D eigenvalue weighted by atomic mass is 19.4. The molecule has 0 saturated heterocycles. The van der Waals surface area contributed by atoms with E-state index in [0.29, 0.717) is 12.1 Å². The van der Waals surface area contributed by atoms with Crippen molar-refractivity contribution in [3.8, 4) is 6.07 Å². The van der Waals surface area contributed by atoms with Crippen LogP contribution in [0.15, 0.2) is 18.2 Å². The summed E-state index contributed by atoms with van der Waals surface area (Å²) in [5.74, 6) is 0. The maximum Gasteiger partial charge on any atom is 0.416 e. The zero-order valence-electron chi connectivity index (χ0n) is 8.60. The molecular weight excluding hydrogens is 262 g/mol. The quantitative estimate of drug-likeness (QED) is 0.795. The van der Waals surface area contributed by atoms with Gasteiger partial charge in [-0.15, -0.1) is 0 Å². The van der Waals surface area contributed by atoms with Crippen LogP contribution in [0.25, 0.3) is 0 Å². The minimum Gasteiger partial charge on any atom is -0.312 e. The van der Waals surface area contributed by atoms with E-state index in [9.17, 15) is 26.3 Å². The molecule has 1 aromatic rings. The summed E-state index contributed by atoms with van der Waals surface area (Å²) in [6, 6.07) is 0.681. The van der Waals surface area contributed by atoms with Crippen molar-refractivity contribution in [2.45, 2.75) is 18.4 Å². The molecule has 0 aliphatic rings. The second-order valence-corrected chi connectivity index (χ2v) is 3.45. The molecule has 1 unspecified atom stereocenters. The van der Waals surface area contributed by atoms with Gasteiger partial charge in [0.2, 0.25) is 0 Å². The molecule has 1 rings (SSSR count). The lowest BCUT2D eigenvalue weighted by atomic mass is 10.0. The van der Waals surface area contributed by atoms with Gasteiger partial charge in [-0.3, -0.25) is 0 Å². The first-order valence-corrected chi connectivity index (χ1v) is 4.50. The van der Waals surface area contributed by atoms with E-state index in [2.05, 4.69) is 0 Å². The van der Waals surface area contributed by atoms with Gasteiger partial charge in [0, 0.05) is 0 Å². The predicted molar refractivity (Wildman–Crippen MR) is 49.0 cm³/mol. The van der Waals surface area contributed by atoms with Gasteiger partial charge >= 0.3 is 12.4 Å². The van der Waals surface area contributed by atoms with E-state index in [0.717, 1.165) is 0 Å². The molecule has 98 valence electrons. The number of nitrogens with two attached hydrogens (primary N) is 1. The summed E-state index contributed by atoms with van der Waals surface area (Å²) >= 11 is 0. The second-order valence-electron chi connectivity index (χ2n) is 3.45. The van der Waals surface area contributed by atoms with Crippen LogP contribution in [0.5, 0.6) is 0 Å². The lowest BCUT2D eigenvalue weighted by molar-refractivity contribution is -0.143. The highest BCUT2D eigenvalue weighted by molar-refractivity contribution is 5.36. The fourth-order valence-corrected chi connectivity index (χ4v) is 1.23. The number of nitriles is 1. The van der Waals surface area contributed by atoms with Gasteiger partial charge in [-0.1, -0.05) is 0 Å². The first-order chi connectivity index (χ1) is 8.05. The smallest absolute Gasteiger partial charge is 0.312 e. The summed E-state index contributed by atoms with van der Waals surface area (Å²) in [6.07, 6.45) is -9.88. The number of benzene rings is 1. The van der Waals surface area contributed by atoms with Crippen molar-refractivity contribution >= 4 is 0 Å². The standard InChI is InChI=1S/C10H6F6N2/c11-9(12,13)6-1-5(8(18)4-17)2-7(3-6)10(14,15)16/h1-3,8H,18H2. The maximum atomic E-state index is 12.4. The van der Waals surface area contributed by atoms with Crippen LogP contribution >= 0.6 is 0 Å². The highest BCUT2D eigenvalue weighted by Gasteiger charge is 2.37. The Labute approximate surface area is 97.6 Å². The molecule has 0 amide bonds. The van der Waals surface area contributed by atoms with Crippen molar-refractivity contribution in [3.05, 3.63) is 34.9 Å². The molecule has 0 saturated carbocycles. The van der Waals surface area contributed by atoms with Crippen molar-refractivity contribution in [3.63, 3.8) is 0 Å². The van der Waals surface area contributed by atoms with Gasteiger partial charge in [0.15, 0.2) is 0 Å². The van der Waals surface area contributed by atoms with E-state index in [1.54, 1.807) is 0 Å². The largest absolute Gasteiger partial charge is 0.416 e. The van der Waals surface area contributed by atoms with Gasteiger partial charge in [-0.05, 0) is 23.8 Å². The van der Waals surface area contributed by atoms with E-state index in [-0.39, 0.29) is 6.07 Å². The number of rotatable bonds is 1. The van der Waals surface area contributed by atoms with Crippen molar-refractivity contribution < 1.29 is 26.3 Å². The van der Waals surface area contributed by atoms with Crippen LogP contribution in [-0.4, -0.2) is 0 Å². The summed E-state index contributed by atoms with van der Waals surface area (Å²) in [5.41, 5.74) is 1.62. The summed E-state index contributed by atoms with van der Waals surface area (Å²) < 4.78 is 74.5. The average molecular weight is 268 g/mol. The summed E-state index contributed by atoms with van der Waals surface area (Å²) in [7, 11) is 0. The zero-order chi connectivity index (χ0) is 14.1. The lowest BCUT2D eigenvalue weighted by Crippen LogP contribution is -2.15. The van der Waals surface area contributed by atoms with Crippen molar-refractivity contribution in [1.82, 2.24) is 0 Å². The molecule has 0 aromatic heterocycles. The second kappa shape index (κ2) is 4.49. The van der Waals surface area contributed by atoms with Gasteiger partial charge in [0.1, 0.15) is 6.04 Å². The summed E-state index contributed by atoms with van der Waals surface area (Å²) in [6.45, 7) is 0. The summed E-state index contributed by atoms with van der Waals surface area (Å²) in [5, 5.41) is 8.44. The minimum atomic E-state index is -4.94. The van der Waals surface area contributed by atoms with E-state index >= 15 is 0 Å². The van der Waals surface area contributed by atoms with Crippen LogP contribution < -0.4 is 5.73 Å². The van der Waals surface area contributed by atoms with Crippen LogP contribution in [0, 0.1) is 11.3 Å². The summed E-state index contributed by atoms with van der Waals surface area (Å²) in [4.78, 5) is 0. The fraction of sp³-hybridized carbons (Fsp3) is 0.300. The Kier molecular flexibility index (Phi) is 3.57. The molecule has 0 spiro atoms. The monoisotopic (exact) mass is 268 g/mol. The fourth-order valence-electron chi connectivity index (χ4n) is 1.23. The molecule has 0 heterocycles. The molecule has 0 aliphatic carbocycles. The van der Waals surface area contributed by atoms with Crippen LogP contribution in [0.2, 0.25) is 0 Å². The lowest BCUT2D eigenvalue weighted by Gasteiger charge is -2.14. The highest BCUT2D eigenvalue weighted by Crippen LogP contribution is 2.37. The molecule has 1 atom stereocenters.